The summed E-state index contributed by atoms with van der Waals surface area (Å²) >= 11 is 0. The first-order valence-electron chi connectivity index (χ1n) is 13.0. The molecule has 210 valence electrons. The Hall–Kier alpha value is -4.53. The third-order valence-electron chi connectivity index (χ3n) is 6.62. The number of ether oxygens (including phenoxy) is 4. The van der Waals surface area contributed by atoms with Gasteiger partial charge in [0.15, 0.2) is 6.61 Å². The molecule has 0 aromatic heterocycles. The Labute approximate surface area is 233 Å². The summed E-state index contributed by atoms with van der Waals surface area (Å²) in [5.41, 5.74) is 1.57. The maximum atomic E-state index is 14.5. The SMILES string of the molecule is COc1ccc(NC(=O)c2c(C=Cc3ccc(OCC(=O)N4CCCCC4)cc3)cc(OC)cc2OC)c(F)c1. The van der Waals surface area contributed by atoms with Gasteiger partial charge in [0.25, 0.3) is 11.8 Å². The van der Waals surface area contributed by atoms with Gasteiger partial charge < -0.3 is 29.2 Å². The summed E-state index contributed by atoms with van der Waals surface area (Å²) in [6, 6.07) is 14.7. The Morgan fingerprint density at radius 3 is 2.20 bits per heavy atom. The summed E-state index contributed by atoms with van der Waals surface area (Å²) in [6.45, 7) is 1.58. The second-order valence-electron chi connectivity index (χ2n) is 9.23. The lowest BCUT2D eigenvalue weighted by Gasteiger charge is -2.26. The number of carbonyl (C=O) groups excluding carboxylic acids is 2. The summed E-state index contributed by atoms with van der Waals surface area (Å²) in [6.07, 6.45) is 6.80. The third kappa shape index (κ3) is 7.11. The summed E-state index contributed by atoms with van der Waals surface area (Å²) in [7, 11) is 4.40. The van der Waals surface area contributed by atoms with Crippen LogP contribution in [0.2, 0.25) is 0 Å². The number of hydrogen-bond donors (Lipinski definition) is 1. The van der Waals surface area contributed by atoms with Gasteiger partial charge in [0.1, 0.15) is 28.8 Å². The number of methoxy groups -OCH3 is 3. The van der Waals surface area contributed by atoms with E-state index in [2.05, 4.69) is 5.32 Å². The van der Waals surface area contributed by atoms with Crippen LogP contribution < -0.4 is 24.3 Å². The van der Waals surface area contributed by atoms with E-state index >= 15 is 0 Å². The molecule has 0 bridgehead atoms. The van der Waals surface area contributed by atoms with Crippen molar-refractivity contribution in [3.8, 4) is 23.0 Å². The van der Waals surface area contributed by atoms with Crippen molar-refractivity contribution in [2.45, 2.75) is 19.3 Å². The van der Waals surface area contributed by atoms with Crippen molar-refractivity contribution in [1.29, 1.82) is 0 Å². The van der Waals surface area contributed by atoms with Crippen molar-refractivity contribution in [2.75, 3.05) is 46.3 Å². The molecular weight excluding hydrogens is 515 g/mol. The number of likely N-dealkylation sites (tertiary alicyclic amines) is 1. The van der Waals surface area contributed by atoms with E-state index in [0.29, 0.717) is 22.8 Å². The van der Waals surface area contributed by atoms with E-state index in [4.69, 9.17) is 18.9 Å². The first kappa shape index (κ1) is 28.5. The molecule has 1 aliphatic heterocycles. The number of halogens is 1. The van der Waals surface area contributed by atoms with Crippen molar-refractivity contribution >= 4 is 29.7 Å². The molecule has 3 aromatic carbocycles. The molecule has 9 heteroatoms. The molecule has 0 spiro atoms. The van der Waals surface area contributed by atoms with Gasteiger partial charge in [-0.15, -0.1) is 0 Å². The Morgan fingerprint density at radius 2 is 1.55 bits per heavy atom. The largest absolute Gasteiger partial charge is 0.497 e. The molecule has 0 atom stereocenters. The van der Waals surface area contributed by atoms with Crippen molar-refractivity contribution < 1.29 is 32.9 Å². The number of carbonyl (C=O) groups is 2. The van der Waals surface area contributed by atoms with Crippen LogP contribution >= 0.6 is 0 Å². The van der Waals surface area contributed by atoms with Crippen molar-refractivity contribution in [1.82, 2.24) is 4.90 Å². The number of rotatable bonds is 10. The minimum absolute atomic E-state index is 0.00373. The van der Waals surface area contributed by atoms with E-state index in [1.807, 2.05) is 23.1 Å². The fourth-order valence-corrected chi connectivity index (χ4v) is 4.41. The van der Waals surface area contributed by atoms with Gasteiger partial charge in [-0.3, -0.25) is 9.59 Å². The van der Waals surface area contributed by atoms with Crippen LogP contribution in [0, 0.1) is 5.82 Å². The highest BCUT2D eigenvalue weighted by Crippen LogP contribution is 2.32. The fraction of sp³-hybridized carbons (Fsp3) is 0.290. The lowest BCUT2D eigenvalue weighted by atomic mass is 10.0. The number of benzene rings is 3. The summed E-state index contributed by atoms with van der Waals surface area (Å²) in [5.74, 6) is 0.509. The van der Waals surface area contributed by atoms with Crippen molar-refractivity contribution in [3.05, 3.63) is 77.1 Å². The van der Waals surface area contributed by atoms with Crippen molar-refractivity contribution in [3.63, 3.8) is 0 Å². The predicted octanol–water partition coefficient (Wildman–Crippen LogP) is 5.67. The van der Waals surface area contributed by atoms with E-state index < -0.39 is 11.7 Å². The molecule has 1 fully saturated rings. The van der Waals surface area contributed by atoms with Crippen LogP contribution in [0.15, 0.2) is 54.6 Å². The number of amides is 2. The molecule has 1 heterocycles. The lowest BCUT2D eigenvalue weighted by Crippen LogP contribution is -2.38. The van der Waals surface area contributed by atoms with E-state index in [0.717, 1.165) is 37.9 Å². The van der Waals surface area contributed by atoms with Crippen LogP contribution in [0.3, 0.4) is 0 Å². The zero-order chi connectivity index (χ0) is 28.5. The molecule has 2 amide bonds. The minimum Gasteiger partial charge on any atom is -0.497 e. The molecular formula is C31H33FN2O6. The number of nitrogens with one attached hydrogen (secondary N) is 1. The molecule has 0 unspecified atom stereocenters. The molecule has 4 rings (SSSR count). The lowest BCUT2D eigenvalue weighted by molar-refractivity contribution is -0.134. The Kier molecular flexibility index (Phi) is 9.62. The maximum Gasteiger partial charge on any atom is 0.260 e. The van der Waals surface area contributed by atoms with Crippen LogP contribution in [0.5, 0.6) is 23.0 Å². The molecule has 1 saturated heterocycles. The highest BCUT2D eigenvalue weighted by Gasteiger charge is 2.20. The summed E-state index contributed by atoms with van der Waals surface area (Å²) in [4.78, 5) is 27.5. The van der Waals surface area contributed by atoms with Gasteiger partial charge in [0.05, 0.1) is 32.6 Å². The molecule has 40 heavy (non-hydrogen) atoms. The van der Waals surface area contributed by atoms with Crippen LogP contribution in [-0.2, 0) is 4.79 Å². The molecule has 3 aromatic rings. The second-order valence-corrected chi connectivity index (χ2v) is 9.23. The van der Waals surface area contributed by atoms with Crippen molar-refractivity contribution in [2.24, 2.45) is 0 Å². The summed E-state index contributed by atoms with van der Waals surface area (Å²) in [5, 5.41) is 2.61. The van der Waals surface area contributed by atoms with Gasteiger partial charge in [-0.1, -0.05) is 24.3 Å². The number of piperidine rings is 1. The first-order valence-corrected chi connectivity index (χ1v) is 13.0. The van der Waals surface area contributed by atoms with Gasteiger partial charge in [0.2, 0.25) is 0 Å². The average molecular weight is 549 g/mol. The molecule has 0 saturated carbocycles. The molecule has 1 N–H and O–H groups in total. The van der Waals surface area contributed by atoms with Gasteiger partial charge in [-0.05, 0) is 60.7 Å². The van der Waals surface area contributed by atoms with E-state index in [1.54, 1.807) is 36.4 Å². The standard InChI is InChI=1S/C31H33FN2O6/c1-37-24-13-14-27(26(32)18-24)33-31(36)30-22(17-25(38-2)19-28(30)39-3)10-7-21-8-11-23(12-9-21)40-20-29(35)34-15-5-4-6-16-34/h7-14,17-19H,4-6,15-16,20H2,1-3H3,(H,33,36). The minimum atomic E-state index is -0.628. The third-order valence-corrected chi connectivity index (χ3v) is 6.62. The highest BCUT2D eigenvalue weighted by atomic mass is 19.1. The number of hydrogen-bond acceptors (Lipinski definition) is 6. The molecule has 8 nitrogen and oxygen atoms in total. The normalized spacial score (nSPS) is 13.2. The number of nitrogens with zero attached hydrogens (tertiary/aromatic N) is 1. The maximum absolute atomic E-state index is 14.5. The average Bonchev–Trinajstić information content (AvgIpc) is 3.00. The van der Waals surface area contributed by atoms with E-state index in [9.17, 15) is 14.0 Å². The van der Waals surface area contributed by atoms with E-state index in [-0.39, 0.29) is 29.5 Å². The van der Waals surface area contributed by atoms with Gasteiger partial charge >= 0.3 is 0 Å². The van der Waals surface area contributed by atoms with Gasteiger partial charge in [-0.25, -0.2) is 4.39 Å². The topological polar surface area (TPSA) is 86.3 Å². The second kappa shape index (κ2) is 13.5. The predicted molar refractivity (Wildman–Crippen MR) is 152 cm³/mol. The zero-order valence-corrected chi connectivity index (χ0v) is 22.9. The Morgan fingerprint density at radius 1 is 0.850 bits per heavy atom. The van der Waals surface area contributed by atoms with Crippen LogP contribution in [-0.4, -0.2) is 57.7 Å². The highest BCUT2D eigenvalue weighted by molar-refractivity contribution is 6.09. The molecule has 0 aliphatic carbocycles. The molecule has 0 radical (unpaired) electrons. The van der Waals surface area contributed by atoms with Crippen LogP contribution in [0.25, 0.3) is 12.2 Å². The quantitative estimate of drug-likeness (QED) is 0.329. The number of anilines is 1. The fourth-order valence-electron chi connectivity index (χ4n) is 4.41. The first-order chi connectivity index (χ1) is 19.4. The molecule has 1 aliphatic rings. The van der Waals surface area contributed by atoms with Gasteiger partial charge in [-0.2, -0.15) is 0 Å². The smallest absolute Gasteiger partial charge is 0.260 e. The summed E-state index contributed by atoms with van der Waals surface area (Å²) < 4.78 is 36.1. The van der Waals surface area contributed by atoms with Crippen LogP contribution in [0.1, 0.15) is 40.7 Å². The Balaban J connectivity index is 1.51. The van der Waals surface area contributed by atoms with Gasteiger partial charge in [0, 0.05) is 25.2 Å². The Bertz CT molecular complexity index is 1370. The van der Waals surface area contributed by atoms with E-state index in [1.165, 1.54) is 33.5 Å². The zero-order valence-electron chi connectivity index (χ0n) is 22.9. The monoisotopic (exact) mass is 548 g/mol. The van der Waals surface area contributed by atoms with Crippen LogP contribution in [0.4, 0.5) is 10.1 Å².